The monoisotopic (exact) mass is 330 g/mol. The van der Waals surface area contributed by atoms with Gasteiger partial charge >= 0.3 is 0 Å². The lowest BCUT2D eigenvalue weighted by Crippen LogP contribution is -2.38. The van der Waals surface area contributed by atoms with Gasteiger partial charge in [0.05, 0.1) is 6.42 Å². The molecule has 2 aromatic heterocycles. The Labute approximate surface area is 140 Å². The number of aromatic nitrogens is 2. The number of carbonyl (C=O) groups is 2. The summed E-state index contributed by atoms with van der Waals surface area (Å²) in [6.45, 7) is 1.57. The lowest BCUT2D eigenvalue weighted by Gasteiger charge is -2.31. The van der Waals surface area contributed by atoms with Gasteiger partial charge in [0.2, 0.25) is 5.91 Å². The van der Waals surface area contributed by atoms with Crippen molar-refractivity contribution < 1.29 is 14.7 Å². The SMILES string of the molecule is NC(=O)Cc1cccc2nc(C(=O)N3CCC(CCO)CC3)cn12. The minimum Gasteiger partial charge on any atom is -0.396 e. The van der Waals surface area contributed by atoms with Crippen LogP contribution in [0.4, 0.5) is 0 Å². The predicted molar refractivity (Wildman–Crippen MR) is 88.4 cm³/mol. The first-order valence-corrected chi connectivity index (χ1v) is 8.24. The molecule has 3 N–H and O–H groups in total. The van der Waals surface area contributed by atoms with E-state index < -0.39 is 5.91 Å². The van der Waals surface area contributed by atoms with E-state index in [1.807, 2.05) is 4.90 Å². The Morgan fingerprint density at radius 2 is 2.04 bits per heavy atom. The summed E-state index contributed by atoms with van der Waals surface area (Å²) >= 11 is 0. The second-order valence-corrected chi connectivity index (χ2v) is 6.26. The molecule has 0 spiro atoms. The fraction of sp³-hybridized carbons (Fsp3) is 0.471. The molecule has 1 fully saturated rings. The maximum atomic E-state index is 12.7. The van der Waals surface area contributed by atoms with E-state index in [0.717, 1.165) is 19.3 Å². The van der Waals surface area contributed by atoms with Gasteiger partial charge in [-0.25, -0.2) is 4.98 Å². The number of carbonyl (C=O) groups excluding carboxylic acids is 2. The molecule has 0 saturated carbocycles. The number of nitrogens with two attached hydrogens (primary N) is 1. The summed E-state index contributed by atoms with van der Waals surface area (Å²) in [6.07, 6.45) is 4.40. The van der Waals surface area contributed by atoms with Gasteiger partial charge in [0, 0.05) is 31.6 Å². The van der Waals surface area contributed by atoms with Crippen LogP contribution in [0.2, 0.25) is 0 Å². The number of nitrogens with zero attached hydrogens (tertiary/aromatic N) is 3. The third-order valence-electron chi connectivity index (χ3n) is 4.59. The number of aliphatic hydroxyl groups is 1. The lowest BCUT2D eigenvalue weighted by molar-refractivity contribution is -0.117. The molecule has 0 bridgehead atoms. The quantitative estimate of drug-likeness (QED) is 0.838. The zero-order valence-corrected chi connectivity index (χ0v) is 13.5. The molecular weight excluding hydrogens is 308 g/mol. The van der Waals surface area contributed by atoms with E-state index in [4.69, 9.17) is 10.8 Å². The average Bonchev–Trinajstić information content (AvgIpc) is 3.00. The highest BCUT2D eigenvalue weighted by Gasteiger charge is 2.25. The highest BCUT2D eigenvalue weighted by Crippen LogP contribution is 2.21. The Kier molecular flexibility index (Phi) is 4.80. The molecule has 0 atom stereocenters. The van der Waals surface area contributed by atoms with E-state index in [9.17, 15) is 9.59 Å². The summed E-state index contributed by atoms with van der Waals surface area (Å²) < 4.78 is 1.75. The van der Waals surface area contributed by atoms with Crippen LogP contribution >= 0.6 is 0 Å². The van der Waals surface area contributed by atoms with Crippen molar-refractivity contribution in [2.75, 3.05) is 19.7 Å². The number of likely N-dealkylation sites (tertiary alicyclic amines) is 1. The minimum absolute atomic E-state index is 0.0915. The Morgan fingerprint density at radius 3 is 2.71 bits per heavy atom. The van der Waals surface area contributed by atoms with Crippen molar-refractivity contribution in [2.45, 2.75) is 25.7 Å². The van der Waals surface area contributed by atoms with Gasteiger partial charge in [-0.1, -0.05) is 6.07 Å². The number of primary amides is 1. The molecule has 7 heteroatoms. The van der Waals surface area contributed by atoms with Gasteiger partial charge in [-0.05, 0) is 37.3 Å². The molecule has 3 heterocycles. The number of hydrogen-bond donors (Lipinski definition) is 2. The molecule has 128 valence electrons. The summed E-state index contributed by atoms with van der Waals surface area (Å²) in [5.74, 6) is -0.0245. The Hall–Kier alpha value is -2.41. The molecule has 0 radical (unpaired) electrons. The van der Waals surface area contributed by atoms with E-state index >= 15 is 0 Å². The molecule has 0 aromatic carbocycles. The van der Waals surface area contributed by atoms with Crippen LogP contribution < -0.4 is 5.73 Å². The standard InChI is InChI=1S/C17H22N4O3/c18-15(23)10-13-2-1-3-16-19-14(11-21(13)16)17(24)20-7-4-12(5-8-20)6-9-22/h1-3,11-12,22H,4-10H2,(H2,18,23). The molecule has 3 rings (SSSR count). The van der Waals surface area contributed by atoms with Gasteiger partial charge in [-0.15, -0.1) is 0 Å². The second kappa shape index (κ2) is 7.00. The Balaban J connectivity index is 1.77. The zero-order valence-electron chi connectivity index (χ0n) is 13.5. The van der Waals surface area contributed by atoms with Crippen molar-refractivity contribution in [2.24, 2.45) is 11.7 Å². The molecule has 0 unspecified atom stereocenters. The molecule has 2 amide bonds. The van der Waals surface area contributed by atoms with Crippen molar-refractivity contribution in [1.82, 2.24) is 14.3 Å². The van der Waals surface area contributed by atoms with Gasteiger partial charge < -0.3 is 20.1 Å². The Morgan fingerprint density at radius 1 is 1.29 bits per heavy atom. The molecular formula is C17H22N4O3. The number of aliphatic hydroxyl groups excluding tert-OH is 1. The maximum Gasteiger partial charge on any atom is 0.274 e. The maximum absolute atomic E-state index is 12.7. The van der Waals surface area contributed by atoms with Crippen molar-refractivity contribution in [3.63, 3.8) is 0 Å². The number of piperidine rings is 1. The lowest BCUT2D eigenvalue weighted by atomic mass is 9.94. The smallest absolute Gasteiger partial charge is 0.274 e. The highest BCUT2D eigenvalue weighted by molar-refractivity contribution is 5.93. The normalized spacial score (nSPS) is 15.8. The van der Waals surface area contributed by atoms with Crippen LogP contribution in [0.3, 0.4) is 0 Å². The summed E-state index contributed by atoms with van der Waals surface area (Å²) in [5, 5.41) is 9.01. The fourth-order valence-electron chi connectivity index (χ4n) is 3.26. The molecule has 1 saturated heterocycles. The number of pyridine rings is 1. The van der Waals surface area contributed by atoms with Crippen molar-refractivity contribution >= 4 is 17.5 Å². The molecule has 0 aliphatic carbocycles. The molecule has 1 aliphatic rings. The van der Waals surface area contributed by atoms with E-state index in [0.29, 0.717) is 36.0 Å². The van der Waals surface area contributed by atoms with Crippen LogP contribution in [0.1, 0.15) is 35.4 Å². The largest absolute Gasteiger partial charge is 0.396 e. The third kappa shape index (κ3) is 3.41. The topological polar surface area (TPSA) is 101 Å². The van der Waals surface area contributed by atoms with Crippen LogP contribution in [0.25, 0.3) is 5.65 Å². The van der Waals surface area contributed by atoms with E-state index in [2.05, 4.69) is 4.98 Å². The number of imidazole rings is 1. The Bertz CT molecular complexity index is 747. The van der Waals surface area contributed by atoms with Gasteiger partial charge in [0.15, 0.2) is 0 Å². The van der Waals surface area contributed by atoms with Crippen LogP contribution in [-0.4, -0.2) is 50.9 Å². The number of hydrogen-bond acceptors (Lipinski definition) is 4. The van der Waals surface area contributed by atoms with Crippen molar-refractivity contribution in [1.29, 1.82) is 0 Å². The average molecular weight is 330 g/mol. The first-order chi connectivity index (χ1) is 11.6. The number of rotatable bonds is 5. The summed E-state index contributed by atoms with van der Waals surface area (Å²) in [4.78, 5) is 30.1. The van der Waals surface area contributed by atoms with Crippen LogP contribution in [-0.2, 0) is 11.2 Å². The van der Waals surface area contributed by atoms with E-state index in [-0.39, 0.29) is 18.9 Å². The van der Waals surface area contributed by atoms with E-state index in [1.54, 1.807) is 28.8 Å². The first-order valence-electron chi connectivity index (χ1n) is 8.24. The van der Waals surface area contributed by atoms with Gasteiger partial charge in [0.1, 0.15) is 11.3 Å². The van der Waals surface area contributed by atoms with Gasteiger partial charge in [-0.2, -0.15) is 0 Å². The van der Waals surface area contributed by atoms with Gasteiger partial charge in [-0.3, -0.25) is 9.59 Å². The van der Waals surface area contributed by atoms with Crippen molar-refractivity contribution in [3.05, 3.63) is 35.8 Å². The summed E-state index contributed by atoms with van der Waals surface area (Å²) in [5.41, 5.74) is 7.00. The van der Waals surface area contributed by atoms with Gasteiger partial charge in [0.25, 0.3) is 5.91 Å². The zero-order chi connectivity index (χ0) is 17.1. The van der Waals surface area contributed by atoms with Crippen molar-refractivity contribution in [3.8, 4) is 0 Å². The van der Waals surface area contributed by atoms with Crippen LogP contribution in [0.15, 0.2) is 24.4 Å². The number of amides is 2. The van der Waals surface area contributed by atoms with Crippen LogP contribution in [0.5, 0.6) is 0 Å². The summed E-state index contributed by atoms with van der Waals surface area (Å²) in [6, 6.07) is 5.40. The number of fused-ring (bicyclic) bond motifs is 1. The van der Waals surface area contributed by atoms with Crippen LogP contribution in [0, 0.1) is 5.92 Å². The molecule has 2 aromatic rings. The summed E-state index contributed by atoms with van der Waals surface area (Å²) in [7, 11) is 0. The third-order valence-corrected chi connectivity index (χ3v) is 4.59. The molecule has 1 aliphatic heterocycles. The van der Waals surface area contributed by atoms with E-state index in [1.165, 1.54) is 0 Å². The fourth-order valence-corrected chi connectivity index (χ4v) is 3.26. The second-order valence-electron chi connectivity index (χ2n) is 6.26. The highest BCUT2D eigenvalue weighted by atomic mass is 16.3. The molecule has 24 heavy (non-hydrogen) atoms. The molecule has 7 nitrogen and oxygen atoms in total. The minimum atomic E-state index is -0.421. The predicted octanol–water partition coefficient (Wildman–Crippen LogP) is 0.597. The first kappa shape index (κ1) is 16.4.